The van der Waals surface area contributed by atoms with Crippen LogP contribution in [0.3, 0.4) is 0 Å². The van der Waals surface area contributed by atoms with E-state index in [1.165, 1.54) is 49.4 Å². The van der Waals surface area contributed by atoms with E-state index in [0.717, 1.165) is 55.6 Å². The van der Waals surface area contributed by atoms with Crippen molar-refractivity contribution in [1.82, 2.24) is 9.97 Å². The molecule has 3 heteroatoms. The standard InChI is InChI=1S/C51H34N2O/c1-51(2)43-22-12-21-39(49(43)42-26-33-16-6-8-17-34(33)28-44(42)51)37-19-10-11-20-38(37)46-30-45(52-50(53-46)31-13-4-3-5-14-31)36-23-24-47-40(27-36)41-25-32-15-7-9-18-35(32)29-48(41)54-47/h3-30H,1-2H3. The first-order valence-corrected chi connectivity index (χ1v) is 18.6. The Kier molecular flexibility index (Phi) is 6.60. The summed E-state index contributed by atoms with van der Waals surface area (Å²) in [5.41, 5.74) is 14.1. The van der Waals surface area contributed by atoms with E-state index in [4.69, 9.17) is 14.4 Å². The summed E-state index contributed by atoms with van der Waals surface area (Å²) in [6.07, 6.45) is 0. The number of hydrogen-bond acceptors (Lipinski definition) is 3. The van der Waals surface area contributed by atoms with Crippen LogP contribution in [-0.4, -0.2) is 9.97 Å². The van der Waals surface area contributed by atoms with E-state index >= 15 is 0 Å². The minimum absolute atomic E-state index is 0.135. The first kappa shape index (κ1) is 30.8. The SMILES string of the molecule is CC1(C)c2cc3ccccc3cc2-c2c(-c3ccccc3-c3cc(-c4ccc5oc6cc7ccccc7cc6c5c4)nc(-c4ccccc4)n3)cccc21. The number of aromatic nitrogens is 2. The summed E-state index contributed by atoms with van der Waals surface area (Å²) in [4.78, 5) is 10.5. The topological polar surface area (TPSA) is 38.9 Å². The highest BCUT2D eigenvalue weighted by atomic mass is 16.3. The molecular weight excluding hydrogens is 657 g/mol. The molecule has 1 aliphatic carbocycles. The minimum Gasteiger partial charge on any atom is -0.456 e. The average Bonchev–Trinajstić information content (AvgIpc) is 3.69. The van der Waals surface area contributed by atoms with Crippen LogP contribution in [0.15, 0.2) is 174 Å². The molecule has 0 radical (unpaired) electrons. The highest BCUT2D eigenvalue weighted by Gasteiger charge is 2.37. The van der Waals surface area contributed by atoms with E-state index in [0.29, 0.717) is 5.82 Å². The second-order valence-corrected chi connectivity index (χ2v) is 15.0. The van der Waals surface area contributed by atoms with Crippen LogP contribution in [0, 0.1) is 0 Å². The van der Waals surface area contributed by atoms with Gasteiger partial charge in [0, 0.05) is 32.9 Å². The molecule has 0 bridgehead atoms. The van der Waals surface area contributed by atoms with Crippen LogP contribution in [-0.2, 0) is 5.41 Å². The third-order valence-corrected chi connectivity index (χ3v) is 11.5. The number of rotatable bonds is 4. The smallest absolute Gasteiger partial charge is 0.160 e. The molecule has 2 heterocycles. The fraction of sp³-hybridized carbons (Fsp3) is 0.0588. The van der Waals surface area contributed by atoms with Gasteiger partial charge in [-0.1, -0.05) is 135 Å². The van der Waals surface area contributed by atoms with E-state index in [9.17, 15) is 0 Å². The lowest BCUT2D eigenvalue weighted by Crippen LogP contribution is -2.14. The molecule has 3 nitrogen and oxygen atoms in total. The molecule has 0 saturated heterocycles. The van der Waals surface area contributed by atoms with E-state index in [-0.39, 0.29) is 5.41 Å². The van der Waals surface area contributed by atoms with Crippen molar-refractivity contribution < 1.29 is 4.42 Å². The predicted molar refractivity (Wildman–Crippen MR) is 224 cm³/mol. The maximum Gasteiger partial charge on any atom is 0.160 e. The molecule has 0 spiro atoms. The zero-order valence-corrected chi connectivity index (χ0v) is 30.0. The fourth-order valence-electron chi connectivity index (χ4n) is 8.71. The van der Waals surface area contributed by atoms with Crippen LogP contribution in [0.1, 0.15) is 25.0 Å². The largest absolute Gasteiger partial charge is 0.456 e. The summed E-state index contributed by atoms with van der Waals surface area (Å²) in [5.74, 6) is 0.692. The monoisotopic (exact) mass is 690 g/mol. The molecule has 254 valence electrons. The van der Waals surface area contributed by atoms with Crippen molar-refractivity contribution in [2.24, 2.45) is 0 Å². The van der Waals surface area contributed by atoms with Gasteiger partial charge >= 0.3 is 0 Å². The number of nitrogens with zero attached hydrogens (tertiary/aromatic N) is 2. The summed E-state index contributed by atoms with van der Waals surface area (Å²) in [6, 6.07) is 60.6. The molecule has 2 aromatic heterocycles. The van der Waals surface area contributed by atoms with E-state index in [2.05, 4.69) is 166 Å². The molecule has 0 fully saturated rings. The Labute approximate surface area is 313 Å². The first-order chi connectivity index (χ1) is 26.5. The molecule has 0 atom stereocenters. The fourth-order valence-corrected chi connectivity index (χ4v) is 8.71. The average molecular weight is 691 g/mol. The van der Waals surface area contributed by atoms with E-state index < -0.39 is 0 Å². The van der Waals surface area contributed by atoms with Gasteiger partial charge in [-0.25, -0.2) is 9.97 Å². The van der Waals surface area contributed by atoms with Gasteiger partial charge in [0.1, 0.15) is 11.2 Å². The Morgan fingerprint density at radius 2 is 1.04 bits per heavy atom. The van der Waals surface area contributed by atoms with Gasteiger partial charge in [0.05, 0.1) is 11.4 Å². The highest BCUT2D eigenvalue weighted by Crippen LogP contribution is 2.54. The minimum atomic E-state index is -0.135. The van der Waals surface area contributed by atoms with Gasteiger partial charge in [-0.3, -0.25) is 0 Å². The Morgan fingerprint density at radius 1 is 0.407 bits per heavy atom. The van der Waals surface area contributed by atoms with E-state index in [1.807, 2.05) is 18.2 Å². The lowest BCUT2D eigenvalue weighted by molar-refractivity contribution is 0.661. The summed E-state index contributed by atoms with van der Waals surface area (Å²) >= 11 is 0. The predicted octanol–water partition coefficient (Wildman–Crippen LogP) is 13.7. The number of hydrogen-bond donors (Lipinski definition) is 0. The Balaban J connectivity index is 1.12. The van der Waals surface area contributed by atoms with Crippen LogP contribution >= 0.6 is 0 Å². The molecule has 1 aliphatic rings. The van der Waals surface area contributed by atoms with Crippen molar-refractivity contribution in [3.8, 4) is 56.2 Å². The number of furan rings is 1. The van der Waals surface area contributed by atoms with Crippen molar-refractivity contribution in [3.63, 3.8) is 0 Å². The Bertz CT molecular complexity index is 3130. The van der Waals surface area contributed by atoms with Crippen LogP contribution in [0.4, 0.5) is 0 Å². The van der Waals surface area contributed by atoms with Crippen LogP contribution in [0.2, 0.25) is 0 Å². The van der Waals surface area contributed by atoms with Crippen LogP contribution in [0.25, 0.3) is 99.6 Å². The highest BCUT2D eigenvalue weighted by molar-refractivity contribution is 6.11. The quantitative estimate of drug-likeness (QED) is 0.184. The molecule has 54 heavy (non-hydrogen) atoms. The van der Waals surface area contributed by atoms with Crippen molar-refractivity contribution in [1.29, 1.82) is 0 Å². The van der Waals surface area contributed by atoms with Gasteiger partial charge < -0.3 is 4.42 Å². The maximum absolute atomic E-state index is 6.37. The maximum atomic E-state index is 6.37. The molecule has 0 unspecified atom stereocenters. The number of benzene rings is 8. The second kappa shape index (κ2) is 11.6. The molecule has 11 rings (SSSR count). The number of fused-ring (bicyclic) bond motifs is 8. The van der Waals surface area contributed by atoms with E-state index in [1.54, 1.807) is 0 Å². The van der Waals surface area contributed by atoms with Crippen LogP contribution in [0.5, 0.6) is 0 Å². The van der Waals surface area contributed by atoms with Gasteiger partial charge in [-0.15, -0.1) is 0 Å². The van der Waals surface area contributed by atoms with Gasteiger partial charge in [0.25, 0.3) is 0 Å². The summed E-state index contributed by atoms with van der Waals surface area (Å²) in [5, 5.41) is 7.06. The summed E-state index contributed by atoms with van der Waals surface area (Å²) < 4.78 is 6.37. The molecule has 10 aromatic rings. The van der Waals surface area contributed by atoms with Crippen molar-refractivity contribution in [3.05, 3.63) is 181 Å². The Hall–Kier alpha value is -6.84. The van der Waals surface area contributed by atoms with Gasteiger partial charge in [0.2, 0.25) is 0 Å². The zero-order valence-electron chi connectivity index (χ0n) is 30.0. The third-order valence-electron chi connectivity index (χ3n) is 11.5. The summed E-state index contributed by atoms with van der Waals surface area (Å²) in [6.45, 7) is 4.71. The van der Waals surface area contributed by atoms with Crippen molar-refractivity contribution in [2.45, 2.75) is 19.3 Å². The molecule has 0 aliphatic heterocycles. The normalized spacial score (nSPS) is 13.1. The van der Waals surface area contributed by atoms with Crippen molar-refractivity contribution in [2.75, 3.05) is 0 Å². The summed E-state index contributed by atoms with van der Waals surface area (Å²) in [7, 11) is 0. The van der Waals surface area contributed by atoms with Crippen molar-refractivity contribution >= 4 is 43.5 Å². The lowest BCUT2D eigenvalue weighted by atomic mass is 9.81. The van der Waals surface area contributed by atoms with Crippen LogP contribution < -0.4 is 0 Å². The molecule has 0 amide bonds. The lowest BCUT2D eigenvalue weighted by Gasteiger charge is -2.22. The first-order valence-electron chi connectivity index (χ1n) is 18.6. The molecular formula is C51H34N2O. The third kappa shape index (κ3) is 4.68. The Morgan fingerprint density at radius 3 is 1.83 bits per heavy atom. The molecule has 0 saturated carbocycles. The second-order valence-electron chi connectivity index (χ2n) is 15.0. The van der Waals surface area contributed by atoms with Gasteiger partial charge in [0.15, 0.2) is 5.82 Å². The zero-order chi connectivity index (χ0) is 36.0. The molecule has 0 N–H and O–H groups in total. The van der Waals surface area contributed by atoms with Gasteiger partial charge in [-0.05, 0) is 103 Å². The van der Waals surface area contributed by atoms with Gasteiger partial charge in [-0.2, -0.15) is 0 Å². The molecule has 8 aromatic carbocycles.